The van der Waals surface area contributed by atoms with Gasteiger partial charge in [-0.1, -0.05) is 13.8 Å². The third-order valence-corrected chi connectivity index (χ3v) is 3.48. The minimum atomic E-state index is -0.318. The van der Waals surface area contributed by atoms with Crippen LogP contribution in [0.1, 0.15) is 54.9 Å². The van der Waals surface area contributed by atoms with Gasteiger partial charge in [0, 0.05) is 18.7 Å². The molecule has 0 aromatic heterocycles. The molecule has 0 N–H and O–H groups in total. The highest BCUT2D eigenvalue weighted by Crippen LogP contribution is 2.20. The summed E-state index contributed by atoms with van der Waals surface area (Å²) in [7, 11) is 0. The zero-order chi connectivity index (χ0) is 13.1. The first-order valence-corrected chi connectivity index (χ1v) is 6.67. The molecule has 0 saturated carbocycles. The smallest absolute Gasteiger partial charge is 0.253 e. The van der Waals surface area contributed by atoms with Crippen molar-refractivity contribution in [2.24, 2.45) is 0 Å². The van der Waals surface area contributed by atoms with E-state index in [9.17, 15) is 9.18 Å². The Labute approximate surface area is 108 Å². The lowest BCUT2D eigenvalue weighted by Crippen LogP contribution is -2.35. The first kappa shape index (κ1) is 13.1. The van der Waals surface area contributed by atoms with E-state index in [-0.39, 0.29) is 17.6 Å². The van der Waals surface area contributed by atoms with Gasteiger partial charge >= 0.3 is 0 Å². The lowest BCUT2D eigenvalue weighted by Gasteiger charge is -2.27. The zero-order valence-electron chi connectivity index (χ0n) is 11.1. The molecule has 0 bridgehead atoms. The number of hydrogen-bond acceptors (Lipinski definition) is 1. The van der Waals surface area contributed by atoms with Crippen molar-refractivity contribution in [3.8, 4) is 0 Å². The van der Waals surface area contributed by atoms with Crippen LogP contribution in [0.3, 0.4) is 0 Å². The van der Waals surface area contributed by atoms with Crippen molar-refractivity contribution < 1.29 is 9.18 Å². The Morgan fingerprint density at radius 3 is 2.44 bits per heavy atom. The van der Waals surface area contributed by atoms with Gasteiger partial charge in [0.15, 0.2) is 0 Å². The van der Waals surface area contributed by atoms with Gasteiger partial charge in [-0.25, -0.2) is 4.39 Å². The minimum Gasteiger partial charge on any atom is -0.339 e. The van der Waals surface area contributed by atoms with Gasteiger partial charge in [-0.05, 0) is 48.9 Å². The van der Waals surface area contributed by atoms with Crippen molar-refractivity contribution in [1.82, 2.24) is 4.90 Å². The normalized spacial score (nSPS) is 16.1. The van der Waals surface area contributed by atoms with Gasteiger partial charge in [-0.2, -0.15) is 0 Å². The van der Waals surface area contributed by atoms with E-state index in [4.69, 9.17) is 0 Å². The molecule has 1 amide bonds. The summed E-state index contributed by atoms with van der Waals surface area (Å²) in [6.45, 7) is 5.60. The maximum absolute atomic E-state index is 13.5. The average molecular weight is 249 g/mol. The number of nitrogens with zero attached hydrogens (tertiary/aromatic N) is 1. The van der Waals surface area contributed by atoms with E-state index in [0.29, 0.717) is 5.56 Å². The number of hydrogen-bond donors (Lipinski definition) is 0. The van der Waals surface area contributed by atoms with E-state index < -0.39 is 0 Å². The minimum absolute atomic E-state index is 0.0314. The second-order valence-electron chi connectivity index (χ2n) is 5.28. The van der Waals surface area contributed by atoms with Crippen molar-refractivity contribution in [1.29, 1.82) is 0 Å². The quantitative estimate of drug-likeness (QED) is 0.784. The fraction of sp³-hybridized carbons (Fsp3) is 0.533. The van der Waals surface area contributed by atoms with Gasteiger partial charge in [-0.15, -0.1) is 0 Å². The maximum Gasteiger partial charge on any atom is 0.253 e. The Balaban J connectivity index is 2.23. The molecule has 2 rings (SSSR count). The molecular formula is C15H20FNO. The van der Waals surface area contributed by atoms with Gasteiger partial charge < -0.3 is 4.90 Å². The van der Waals surface area contributed by atoms with E-state index in [1.165, 1.54) is 18.6 Å². The fourth-order valence-electron chi connectivity index (χ4n) is 2.35. The summed E-state index contributed by atoms with van der Waals surface area (Å²) in [5, 5.41) is 0. The van der Waals surface area contributed by atoms with Gasteiger partial charge in [0.05, 0.1) is 0 Å². The summed E-state index contributed by atoms with van der Waals surface area (Å²) >= 11 is 0. The Kier molecular flexibility index (Phi) is 4.00. The van der Waals surface area contributed by atoms with E-state index in [1.54, 1.807) is 0 Å². The number of halogens is 1. The van der Waals surface area contributed by atoms with Crippen LogP contribution in [0.25, 0.3) is 0 Å². The Morgan fingerprint density at radius 2 is 1.83 bits per heavy atom. The van der Waals surface area contributed by atoms with Crippen LogP contribution in [-0.2, 0) is 0 Å². The molecule has 1 aliphatic heterocycles. The molecule has 98 valence electrons. The Morgan fingerprint density at radius 1 is 1.17 bits per heavy atom. The molecule has 1 heterocycles. The summed E-state index contributed by atoms with van der Waals surface area (Å²) in [4.78, 5) is 14.1. The molecule has 1 aromatic carbocycles. The van der Waals surface area contributed by atoms with Crippen molar-refractivity contribution >= 4 is 5.91 Å². The molecule has 1 aliphatic rings. The van der Waals surface area contributed by atoms with Crippen LogP contribution in [0, 0.1) is 5.82 Å². The molecule has 0 aliphatic carbocycles. The Hall–Kier alpha value is -1.38. The molecule has 0 unspecified atom stereocenters. The van der Waals surface area contributed by atoms with Crippen molar-refractivity contribution in [2.75, 3.05) is 13.1 Å². The van der Waals surface area contributed by atoms with Crippen LogP contribution in [-0.4, -0.2) is 23.9 Å². The van der Waals surface area contributed by atoms with Crippen LogP contribution in [0.4, 0.5) is 4.39 Å². The molecule has 3 heteroatoms. The molecule has 1 fully saturated rings. The highest BCUT2D eigenvalue weighted by molar-refractivity contribution is 5.94. The summed E-state index contributed by atoms with van der Waals surface area (Å²) in [5.74, 6) is -0.119. The lowest BCUT2D eigenvalue weighted by atomic mass is 9.99. The molecule has 18 heavy (non-hydrogen) atoms. The summed E-state index contributed by atoms with van der Waals surface area (Å²) < 4.78 is 13.5. The molecular weight excluding hydrogens is 229 g/mol. The SMILES string of the molecule is CC(C)c1cc(F)cc(C(=O)N2CCCCC2)c1. The van der Waals surface area contributed by atoms with Crippen molar-refractivity contribution in [3.63, 3.8) is 0 Å². The fourth-order valence-corrected chi connectivity index (χ4v) is 2.35. The first-order chi connectivity index (χ1) is 8.58. The topological polar surface area (TPSA) is 20.3 Å². The van der Waals surface area contributed by atoms with Gasteiger partial charge in [0.1, 0.15) is 5.82 Å². The largest absolute Gasteiger partial charge is 0.339 e. The second kappa shape index (κ2) is 5.51. The van der Waals surface area contributed by atoms with Crippen LogP contribution in [0.15, 0.2) is 18.2 Å². The molecule has 0 atom stereocenters. The molecule has 1 aromatic rings. The summed E-state index contributed by atoms with van der Waals surface area (Å²) in [6.07, 6.45) is 3.29. The number of rotatable bonds is 2. The Bertz CT molecular complexity index is 436. The number of piperidine rings is 1. The summed E-state index contributed by atoms with van der Waals surface area (Å²) in [6, 6.07) is 4.69. The summed E-state index contributed by atoms with van der Waals surface area (Å²) in [5.41, 5.74) is 1.37. The first-order valence-electron chi connectivity index (χ1n) is 6.67. The third kappa shape index (κ3) is 2.89. The highest BCUT2D eigenvalue weighted by atomic mass is 19.1. The van der Waals surface area contributed by atoms with Gasteiger partial charge in [0.2, 0.25) is 0 Å². The molecule has 1 saturated heterocycles. The van der Waals surface area contributed by atoms with Crippen LogP contribution in [0.2, 0.25) is 0 Å². The van der Waals surface area contributed by atoms with Crippen molar-refractivity contribution in [3.05, 3.63) is 35.1 Å². The monoisotopic (exact) mass is 249 g/mol. The average Bonchev–Trinajstić information content (AvgIpc) is 2.38. The third-order valence-electron chi connectivity index (χ3n) is 3.48. The highest BCUT2D eigenvalue weighted by Gasteiger charge is 2.19. The predicted octanol–water partition coefficient (Wildman–Crippen LogP) is 3.58. The number of carbonyl (C=O) groups is 1. The predicted molar refractivity (Wildman–Crippen MR) is 70.2 cm³/mol. The van der Waals surface area contributed by atoms with E-state index >= 15 is 0 Å². The number of benzene rings is 1. The second-order valence-corrected chi connectivity index (χ2v) is 5.28. The number of amides is 1. The maximum atomic E-state index is 13.5. The van der Waals surface area contributed by atoms with Crippen molar-refractivity contribution in [2.45, 2.75) is 39.0 Å². The van der Waals surface area contributed by atoms with E-state index in [0.717, 1.165) is 31.5 Å². The molecule has 2 nitrogen and oxygen atoms in total. The van der Waals surface area contributed by atoms with E-state index in [1.807, 2.05) is 24.8 Å². The standard InChI is InChI=1S/C15H20FNO/c1-11(2)12-8-13(10-14(16)9-12)15(18)17-6-4-3-5-7-17/h8-11H,3-7H2,1-2H3. The van der Waals surface area contributed by atoms with Crippen LogP contribution in [0.5, 0.6) is 0 Å². The zero-order valence-corrected chi connectivity index (χ0v) is 11.1. The molecule has 0 spiro atoms. The van der Waals surface area contributed by atoms with Gasteiger partial charge in [0.25, 0.3) is 5.91 Å². The van der Waals surface area contributed by atoms with Gasteiger partial charge in [-0.3, -0.25) is 4.79 Å². The number of carbonyl (C=O) groups excluding carboxylic acids is 1. The van der Waals surface area contributed by atoms with E-state index in [2.05, 4.69) is 0 Å². The lowest BCUT2D eigenvalue weighted by molar-refractivity contribution is 0.0723. The number of likely N-dealkylation sites (tertiary alicyclic amines) is 1. The molecule has 0 radical (unpaired) electrons. The van der Waals surface area contributed by atoms with Crippen LogP contribution >= 0.6 is 0 Å². The van der Waals surface area contributed by atoms with Crippen LogP contribution < -0.4 is 0 Å².